The van der Waals surface area contributed by atoms with Crippen molar-refractivity contribution in [1.29, 1.82) is 0 Å². The van der Waals surface area contributed by atoms with E-state index in [2.05, 4.69) is 9.47 Å². The molecule has 2 nitrogen and oxygen atoms in total. The Bertz CT molecular complexity index is 467. The molecule has 0 N–H and O–H groups in total. The first-order chi connectivity index (χ1) is 10.9. The average Bonchev–Trinajstić information content (AvgIpc) is 2.47. The van der Waals surface area contributed by atoms with Crippen LogP contribution in [0.1, 0.15) is 47.4 Å². The summed E-state index contributed by atoms with van der Waals surface area (Å²) in [6.07, 6.45) is -12.0. The summed E-state index contributed by atoms with van der Waals surface area (Å²) in [5.41, 5.74) is 0. The van der Waals surface area contributed by atoms with Gasteiger partial charge in [0.1, 0.15) is 0 Å². The molecule has 2 heteroatoms. The van der Waals surface area contributed by atoms with Crippen LogP contribution in [0.15, 0.2) is 0 Å². The molecule has 2 aliphatic heterocycles. The molecule has 0 atom stereocenters. The maximum atomic E-state index is 7.10. The van der Waals surface area contributed by atoms with Crippen molar-refractivity contribution in [2.45, 2.75) is 25.5 Å². The van der Waals surface area contributed by atoms with Gasteiger partial charge in [-0.05, 0) is 25.5 Å². The molecule has 2 saturated heterocycles. The van der Waals surface area contributed by atoms with Gasteiger partial charge in [-0.2, -0.15) is 0 Å². The van der Waals surface area contributed by atoms with Gasteiger partial charge in [-0.25, -0.2) is 0 Å². The monoisotopic (exact) mass is 160 g/mol. The van der Waals surface area contributed by atoms with Gasteiger partial charge in [-0.3, -0.25) is 0 Å². The van der Waals surface area contributed by atoms with E-state index in [0.29, 0.717) is 0 Å². The third-order valence-corrected chi connectivity index (χ3v) is 0.533. The molecule has 10 heavy (non-hydrogen) atoms. The second-order valence-corrected chi connectivity index (χ2v) is 1.11. The van der Waals surface area contributed by atoms with E-state index < -0.39 is 51.7 Å². The normalized spacial score (nSPS) is 88.0. The molecule has 0 aliphatic carbocycles. The standard InChI is InChI=1S/2C4H8O/c2*1-2-4-5-3-1/h2*1-4H2/i2*1D2,2D2,3D2,4D2. The van der Waals surface area contributed by atoms with Gasteiger partial charge in [-0.1, -0.05) is 0 Å². The van der Waals surface area contributed by atoms with Crippen molar-refractivity contribution < 1.29 is 31.4 Å². The first-order valence-electron chi connectivity index (χ1n) is 10.3. The topological polar surface area (TPSA) is 18.5 Å². The van der Waals surface area contributed by atoms with E-state index >= 15 is 0 Å². The molecule has 60 valence electrons. The van der Waals surface area contributed by atoms with Gasteiger partial charge in [0.05, 0.1) is 11.0 Å². The lowest BCUT2D eigenvalue weighted by Crippen LogP contribution is -1.74. The van der Waals surface area contributed by atoms with Gasteiger partial charge in [0.15, 0.2) is 0 Å². The van der Waals surface area contributed by atoms with Crippen molar-refractivity contribution in [3.8, 4) is 0 Å². The minimum absolute atomic E-state index is 2.96. The van der Waals surface area contributed by atoms with Crippen molar-refractivity contribution in [3.05, 3.63) is 0 Å². The summed E-state index contributed by atoms with van der Waals surface area (Å²) in [5.74, 6) is 0. The highest BCUT2D eigenvalue weighted by atomic mass is 16.5. The fraction of sp³-hybridized carbons (Fsp3) is 1.00. The zero-order valence-corrected chi connectivity index (χ0v) is 4.82. The molecule has 2 fully saturated rings. The lowest BCUT2D eigenvalue weighted by Gasteiger charge is -1.76. The molecule has 0 spiro atoms. The molecule has 0 aromatic heterocycles. The second kappa shape index (κ2) is 5.69. The molecule has 0 amide bonds. The lowest BCUT2D eigenvalue weighted by molar-refractivity contribution is 0.198. The van der Waals surface area contributed by atoms with Crippen LogP contribution >= 0.6 is 0 Å². The van der Waals surface area contributed by atoms with Crippen LogP contribution in [0.2, 0.25) is 0 Å². The molecule has 0 saturated carbocycles. The Labute approximate surface area is 85.0 Å². The van der Waals surface area contributed by atoms with Crippen LogP contribution in [-0.4, -0.2) is 26.2 Å². The highest BCUT2D eigenvalue weighted by molar-refractivity contribution is 4.44. The molecule has 2 aliphatic rings. The number of ether oxygens (including phenoxy) is 2. The molecule has 2 rings (SSSR count). The first-order valence-corrected chi connectivity index (χ1v) is 2.32. The van der Waals surface area contributed by atoms with Gasteiger partial charge in [0.2, 0.25) is 0 Å². The van der Waals surface area contributed by atoms with Gasteiger partial charge in [0, 0.05) is 37.2 Å². The van der Waals surface area contributed by atoms with Crippen LogP contribution in [0, 0.1) is 0 Å². The van der Waals surface area contributed by atoms with Crippen molar-refractivity contribution in [2.75, 3.05) is 26.2 Å². The van der Waals surface area contributed by atoms with E-state index in [1.807, 2.05) is 0 Å². The van der Waals surface area contributed by atoms with Crippen LogP contribution in [0.5, 0.6) is 0 Å². The molecular formula is C8H16O2. The Hall–Kier alpha value is -0.0800. The van der Waals surface area contributed by atoms with E-state index in [9.17, 15) is 0 Å². The Morgan fingerprint density at radius 2 is 1.00 bits per heavy atom. The number of rotatable bonds is 0. The van der Waals surface area contributed by atoms with Crippen molar-refractivity contribution >= 4 is 0 Å². The lowest BCUT2D eigenvalue weighted by atomic mass is 10.4. The summed E-state index contributed by atoms with van der Waals surface area (Å²) in [4.78, 5) is 0. The van der Waals surface area contributed by atoms with Gasteiger partial charge in [0.25, 0.3) is 0 Å². The van der Waals surface area contributed by atoms with E-state index in [1.165, 1.54) is 0 Å². The highest BCUT2D eigenvalue weighted by Gasteiger charge is 1.95. The van der Waals surface area contributed by atoms with Gasteiger partial charge >= 0.3 is 0 Å². The van der Waals surface area contributed by atoms with Crippen molar-refractivity contribution in [2.24, 2.45) is 0 Å². The summed E-state index contributed by atoms with van der Waals surface area (Å²) >= 11 is 0. The second-order valence-electron chi connectivity index (χ2n) is 1.11. The van der Waals surface area contributed by atoms with Crippen LogP contribution in [0.4, 0.5) is 0 Å². The zero-order valence-electron chi connectivity index (χ0n) is 20.8. The Kier molecular flexibility index (Phi) is 0.668. The van der Waals surface area contributed by atoms with Crippen molar-refractivity contribution in [1.82, 2.24) is 0 Å². The van der Waals surface area contributed by atoms with E-state index in [1.54, 1.807) is 0 Å². The molecule has 2 heterocycles. The summed E-state index contributed by atoms with van der Waals surface area (Å²) in [7, 11) is 0. The molecule has 0 aromatic carbocycles. The summed E-state index contributed by atoms with van der Waals surface area (Å²) in [6, 6.07) is 0. The Morgan fingerprint density at radius 3 is 1.10 bits per heavy atom. The summed E-state index contributed by atoms with van der Waals surface area (Å²) < 4.78 is 121. The smallest absolute Gasteiger partial charge is 0.0567 e. The van der Waals surface area contributed by atoms with E-state index in [0.717, 1.165) is 0 Å². The minimum Gasteiger partial charge on any atom is -0.381 e. The van der Waals surface area contributed by atoms with E-state index in [-0.39, 0.29) is 0 Å². The molecule has 0 bridgehead atoms. The quantitative estimate of drug-likeness (QED) is 0.536. The predicted octanol–water partition coefficient (Wildman–Crippen LogP) is 1.59. The molecule has 0 radical (unpaired) electrons. The highest BCUT2D eigenvalue weighted by Crippen LogP contribution is 1.98. The van der Waals surface area contributed by atoms with Gasteiger partial charge in [-0.15, -0.1) is 0 Å². The fourth-order valence-corrected chi connectivity index (χ4v) is 0.255. The van der Waals surface area contributed by atoms with Gasteiger partial charge < -0.3 is 9.47 Å². The van der Waals surface area contributed by atoms with Crippen LogP contribution in [0.25, 0.3) is 0 Å². The predicted molar refractivity (Wildman–Crippen MR) is 40.1 cm³/mol. The zero-order chi connectivity index (χ0) is 21.4. The molecular weight excluding hydrogens is 128 g/mol. The van der Waals surface area contributed by atoms with E-state index in [4.69, 9.17) is 21.9 Å². The maximum Gasteiger partial charge on any atom is 0.0567 e. The average molecular weight is 160 g/mol. The Balaban J connectivity index is 0.000000260. The third-order valence-electron chi connectivity index (χ3n) is 0.533. The van der Waals surface area contributed by atoms with Crippen LogP contribution in [-0.2, 0) is 9.47 Å². The Morgan fingerprint density at radius 1 is 0.700 bits per heavy atom. The fourth-order valence-electron chi connectivity index (χ4n) is 0.255. The van der Waals surface area contributed by atoms with Crippen LogP contribution < -0.4 is 0 Å². The number of hydrogen-bond acceptors (Lipinski definition) is 2. The van der Waals surface area contributed by atoms with Crippen LogP contribution in [0.3, 0.4) is 0 Å². The minimum atomic E-state index is -3.01. The summed E-state index contributed by atoms with van der Waals surface area (Å²) in [5, 5.41) is 0. The maximum absolute atomic E-state index is 7.10. The largest absolute Gasteiger partial charge is 0.381 e. The first kappa shape index (κ1) is 1.17. The number of hydrogen-bond donors (Lipinski definition) is 0. The van der Waals surface area contributed by atoms with Crippen molar-refractivity contribution in [3.63, 3.8) is 0 Å². The SMILES string of the molecule is [2H]C1([2H])OC([2H])([2H])C([2H])([2H])C1([2H])[2H].[2H]C1([2H])OC([2H])([2H])C([2H])([2H])C1([2H])[2H]. The molecule has 0 aromatic rings. The third kappa shape index (κ3) is 3.85. The summed E-state index contributed by atoms with van der Waals surface area (Å²) in [6.45, 7) is -11.8. The molecule has 0 unspecified atom stereocenters.